The van der Waals surface area contributed by atoms with Gasteiger partial charge in [0.05, 0.1) is 22.5 Å². The predicted molar refractivity (Wildman–Crippen MR) is 265 cm³/mol. The molecule has 4 heteroatoms. The number of unbranched alkanes of at least 4 members (excludes halogenated alkanes) is 18. The largest absolute Gasteiger partial charge is 0.255 e. The van der Waals surface area contributed by atoms with E-state index in [4.69, 9.17) is 16.4 Å². The van der Waals surface area contributed by atoms with Gasteiger partial charge in [-0.2, -0.15) is 0 Å². The molecule has 0 bridgehead atoms. The average molecular weight is 833 g/mol. The summed E-state index contributed by atoms with van der Waals surface area (Å²) in [7, 11) is 0. The maximum atomic E-state index is 6.10. The number of hydrogen-bond acceptors (Lipinski definition) is 4. The SMILES string of the molecule is C#Cc1ccc2c(c1)C(CCCCCCCCCCCC)(CCCCCCCCCCCC)c1cc(C#Cc3cccc4nc(-c5ccccn5)c(-c5ccccn5)nc34)ccc1-2. The van der Waals surface area contributed by atoms with Gasteiger partial charge in [-0.1, -0.05) is 190 Å². The molecule has 4 nitrogen and oxygen atoms in total. The summed E-state index contributed by atoms with van der Waals surface area (Å²) in [5.41, 5.74) is 12.8. The normalized spacial score (nSPS) is 12.4. The minimum absolute atomic E-state index is 0.0834. The molecule has 63 heavy (non-hydrogen) atoms. The summed E-state index contributed by atoms with van der Waals surface area (Å²) in [4.78, 5) is 19.7. The molecule has 0 amide bonds. The van der Waals surface area contributed by atoms with Crippen LogP contribution in [0.5, 0.6) is 0 Å². The molecule has 3 aromatic carbocycles. The molecule has 7 rings (SSSR count). The first kappa shape index (κ1) is 45.4. The molecule has 0 radical (unpaired) electrons. The van der Waals surface area contributed by atoms with Crippen LogP contribution in [0.1, 0.15) is 183 Å². The Morgan fingerprint density at radius 3 is 1.48 bits per heavy atom. The van der Waals surface area contributed by atoms with Gasteiger partial charge in [-0.15, -0.1) is 6.42 Å². The van der Waals surface area contributed by atoms with Crippen LogP contribution >= 0.6 is 0 Å². The number of hydrogen-bond donors (Lipinski definition) is 0. The van der Waals surface area contributed by atoms with Gasteiger partial charge in [0.1, 0.15) is 16.9 Å². The summed E-state index contributed by atoms with van der Waals surface area (Å²) in [5, 5.41) is 0. The van der Waals surface area contributed by atoms with E-state index in [2.05, 4.69) is 84.0 Å². The number of fused-ring (bicyclic) bond motifs is 4. The van der Waals surface area contributed by atoms with Gasteiger partial charge in [0.2, 0.25) is 0 Å². The van der Waals surface area contributed by atoms with Crippen molar-refractivity contribution >= 4 is 11.0 Å². The van der Waals surface area contributed by atoms with Crippen LogP contribution < -0.4 is 0 Å². The molecule has 0 spiro atoms. The molecule has 6 aromatic rings. The van der Waals surface area contributed by atoms with Gasteiger partial charge in [0, 0.05) is 28.9 Å². The van der Waals surface area contributed by atoms with Crippen molar-refractivity contribution in [1.29, 1.82) is 0 Å². The van der Waals surface area contributed by atoms with Crippen molar-refractivity contribution in [2.75, 3.05) is 0 Å². The third-order valence-electron chi connectivity index (χ3n) is 13.3. The fraction of sp³-hybridized carbons (Fsp3) is 0.424. The first-order valence-corrected chi connectivity index (χ1v) is 24.6. The lowest BCUT2D eigenvalue weighted by Crippen LogP contribution is -2.26. The lowest BCUT2D eigenvalue weighted by Gasteiger charge is -2.33. The van der Waals surface area contributed by atoms with Gasteiger partial charge in [-0.25, -0.2) is 9.97 Å². The van der Waals surface area contributed by atoms with Crippen molar-refractivity contribution in [3.63, 3.8) is 0 Å². The molecular weight excluding hydrogens is 765 g/mol. The standard InChI is InChI=1S/C59H68N4/c1-4-7-9-11-13-15-17-19-21-25-40-59(41-26-22-20-18-16-14-12-10-8-5-2)51-44-46(6-3)35-38-49(51)50-39-36-47(45-52(50)59)34-37-48-30-29-33-55-56(48)63-58(54-32-24-28-43-61-54)57(62-55)53-31-23-27-42-60-53/h3,23-24,27-33,35-36,38-39,42-45H,4-5,7-22,25-26,40-41H2,1-2H3. The Hall–Kier alpha value is -5.58. The van der Waals surface area contributed by atoms with E-state index < -0.39 is 0 Å². The van der Waals surface area contributed by atoms with Crippen LogP contribution in [0.2, 0.25) is 0 Å². The Bertz CT molecular complexity index is 2440. The van der Waals surface area contributed by atoms with E-state index in [0.29, 0.717) is 11.4 Å². The van der Waals surface area contributed by atoms with E-state index in [-0.39, 0.29) is 5.41 Å². The molecule has 0 fully saturated rings. The molecule has 3 heterocycles. The molecule has 324 valence electrons. The zero-order valence-electron chi connectivity index (χ0n) is 38.2. The predicted octanol–water partition coefficient (Wildman–Crippen LogP) is 16.0. The highest BCUT2D eigenvalue weighted by Gasteiger charge is 2.42. The van der Waals surface area contributed by atoms with Gasteiger partial charge in [0.15, 0.2) is 0 Å². The first-order valence-electron chi connectivity index (χ1n) is 24.6. The van der Waals surface area contributed by atoms with Crippen molar-refractivity contribution in [2.24, 2.45) is 0 Å². The average Bonchev–Trinajstić information content (AvgIpc) is 3.59. The van der Waals surface area contributed by atoms with E-state index in [0.717, 1.165) is 52.0 Å². The zero-order chi connectivity index (χ0) is 43.5. The molecular formula is C59H68N4. The van der Waals surface area contributed by atoms with Crippen molar-refractivity contribution in [1.82, 2.24) is 19.9 Å². The Morgan fingerprint density at radius 1 is 0.476 bits per heavy atom. The summed E-state index contributed by atoms with van der Waals surface area (Å²) in [6.07, 6.45) is 38.7. The molecule has 0 N–H and O–H groups in total. The zero-order valence-corrected chi connectivity index (χ0v) is 38.2. The third kappa shape index (κ3) is 11.7. The van der Waals surface area contributed by atoms with E-state index in [1.807, 2.05) is 48.5 Å². The maximum absolute atomic E-state index is 6.10. The minimum atomic E-state index is -0.0834. The van der Waals surface area contributed by atoms with E-state index in [1.54, 1.807) is 12.4 Å². The first-order chi connectivity index (χ1) is 31.1. The summed E-state index contributed by atoms with van der Waals surface area (Å²) in [5.74, 6) is 10.2. The van der Waals surface area contributed by atoms with Gasteiger partial charge < -0.3 is 0 Å². The number of nitrogens with zero attached hydrogens (tertiary/aromatic N) is 4. The van der Waals surface area contributed by atoms with Gasteiger partial charge in [-0.3, -0.25) is 9.97 Å². The third-order valence-corrected chi connectivity index (χ3v) is 13.3. The van der Waals surface area contributed by atoms with Crippen LogP contribution in [-0.4, -0.2) is 19.9 Å². The summed E-state index contributed by atoms with van der Waals surface area (Å²) >= 11 is 0. The minimum Gasteiger partial charge on any atom is -0.255 e. The number of pyridine rings is 2. The van der Waals surface area contributed by atoms with E-state index in [1.165, 1.54) is 151 Å². The van der Waals surface area contributed by atoms with Crippen LogP contribution in [0.4, 0.5) is 0 Å². The monoisotopic (exact) mass is 833 g/mol. The van der Waals surface area contributed by atoms with Crippen molar-refractivity contribution < 1.29 is 0 Å². The summed E-state index contributed by atoms with van der Waals surface area (Å²) in [6, 6.07) is 31.5. The number of para-hydroxylation sites is 1. The van der Waals surface area contributed by atoms with Crippen molar-refractivity contribution in [3.8, 4) is 58.1 Å². The highest BCUT2D eigenvalue weighted by molar-refractivity contribution is 5.88. The second-order valence-corrected chi connectivity index (χ2v) is 17.9. The number of terminal acetylenes is 1. The van der Waals surface area contributed by atoms with Crippen LogP contribution in [0.3, 0.4) is 0 Å². The topological polar surface area (TPSA) is 51.6 Å². The highest BCUT2D eigenvalue weighted by atomic mass is 14.9. The maximum Gasteiger partial charge on any atom is 0.117 e. The Labute approximate surface area is 379 Å². The molecule has 0 aliphatic heterocycles. The van der Waals surface area contributed by atoms with Gasteiger partial charge in [-0.05, 0) is 95.8 Å². The van der Waals surface area contributed by atoms with Gasteiger partial charge in [0.25, 0.3) is 0 Å². The smallest absolute Gasteiger partial charge is 0.117 e. The fourth-order valence-electron chi connectivity index (χ4n) is 9.84. The Kier molecular flexibility index (Phi) is 17.1. The molecule has 1 aliphatic rings. The number of benzene rings is 3. The van der Waals surface area contributed by atoms with Crippen LogP contribution in [-0.2, 0) is 5.41 Å². The lowest BCUT2D eigenvalue weighted by atomic mass is 9.70. The molecule has 3 aromatic heterocycles. The fourth-order valence-corrected chi connectivity index (χ4v) is 9.84. The van der Waals surface area contributed by atoms with Gasteiger partial charge >= 0.3 is 0 Å². The van der Waals surface area contributed by atoms with Crippen LogP contribution in [0.25, 0.3) is 44.9 Å². The second kappa shape index (κ2) is 23.7. The van der Waals surface area contributed by atoms with E-state index in [9.17, 15) is 0 Å². The molecule has 0 unspecified atom stereocenters. The van der Waals surface area contributed by atoms with Crippen LogP contribution in [0.15, 0.2) is 103 Å². The second-order valence-electron chi connectivity index (χ2n) is 17.9. The quantitative estimate of drug-likeness (QED) is 0.0450. The van der Waals surface area contributed by atoms with Crippen molar-refractivity contribution in [2.45, 2.75) is 161 Å². The van der Waals surface area contributed by atoms with Crippen molar-refractivity contribution in [3.05, 3.63) is 131 Å². The van der Waals surface area contributed by atoms with E-state index >= 15 is 0 Å². The van der Waals surface area contributed by atoms with Crippen LogP contribution in [0, 0.1) is 24.2 Å². The summed E-state index contributed by atoms with van der Waals surface area (Å²) in [6.45, 7) is 4.60. The summed E-state index contributed by atoms with van der Waals surface area (Å²) < 4.78 is 0. The molecule has 1 aliphatic carbocycles. The highest BCUT2D eigenvalue weighted by Crippen LogP contribution is 2.54. The number of rotatable bonds is 24. The Balaban J connectivity index is 1.18. The lowest BCUT2D eigenvalue weighted by molar-refractivity contribution is 0.396. The Morgan fingerprint density at radius 2 is 0.968 bits per heavy atom. The molecule has 0 atom stereocenters. The number of aromatic nitrogens is 4. The molecule has 0 saturated heterocycles. The molecule has 0 saturated carbocycles.